The highest BCUT2D eigenvalue weighted by Crippen LogP contribution is 2.30. The summed E-state index contributed by atoms with van der Waals surface area (Å²) in [4.78, 5) is 24.5. The van der Waals surface area contributed by atoms with Crippen LogP contribution in [0.3, 0.4) is 0 Å². The van der Waals surface area contributed by atoms with Gasteiger partial charge in [0.15, 0.2) is 12.4 Å². The number of benzene rings is 1. The van der Waals surface area contributed by atoms with Crippen LogP contribution in [-0.2, 0) is 16.5 Å². The summed E-state index contributed by atoms with van der Waals surface area (Å²) in [6.07, 6.45) is -4.06. The van der Waals surface area contributed by atoms with E-state index in [0.717, 1.165) is 0 Å². The molecule has 0 aliphatic carbocycles. The number of aromatic nitrogens is 4. The average molecular weight is 477 g/mol. The van der Waals surface area contributed by atoms with Crippen molar-refractivity contribution in [1.29, 1.82) is 0 Å². The minimum Gasteiger partial charge on any atom is -0.471 e. The van der Waals surface area contributed by atoms with Crippen molar-refractivity contribution in [2.75, 3.05) is 18.5 Å². The van der Waals surface area contributed by atoms with Gasteiger partial charge in [0.05, 0.1) is 12.3 Å². The summed E-state index contributed by atoms with van der Waals surface area (Å²) >= 11 is 0. The molecule has 1 saturated heterocycles. The quantitative estimate of drug-likeness (QED) is 0.374. The Bertz CT molecular complexity index is 1140. The molecule has 3 heterocycles. The minimum atomic E-state index is -2.65. The summed E-state index contributed by atoms with van der Waals surface area (Å²) in [5, 5.41) is 13.3. The lowest BCUT2D eigenvalue weighted by Gasteiger charge is -2.10. The maximum Gasteiger partial charge on any atom is 0.514 e. The molecule has 3 aromatic rings. The summed E-state index contributed by atoms with van der Waals surface area (Å²) in [5.41, 5.74) is 0.667. The number of alkyl halides is 2. The van der Waals surface area contributed by atoms with Gasteiger partial charge in [-0.05, 0) is 12.1 Å². The molecule has 34 heavy (non-hydrogen) atoms. The van der Waals surface area contributed by atoms with Crippen molar-refractivity contribution in [3.63, 3.8) is 0 Å². The van der Waals surface area contributed by atoms with E-state index in [-0.39, 0.29) is 24.0 Å². The van der Waals surface area contributed by atoms with Crippen molar-refractivity contribution >= 4 is 17.9 Å². The number of anilines is 1. The molecular weight excluding hydrogens is 456 g/mol. The molecule has 0 bridgehead atoms. The van der Waals surface area contributed by atoms with Crippen LogP contribution in [0.25, 0.3) is 0 Å². The first-order valence-electron chi connectivity index (χ1n) is 10.2. The van der Waals surface area contributed by atoms with E-state index in [1.807, 2.05) is 0 Å². The van der Waals surface area contributed by atoms with Crippen molar-refractivity contribution in [2.24, 2.45) is 7.05 Å². The van der Waals surface area contributed by atoms with Gasteiger partial charge in [0.1, 0.15) is 23.7 Å². The number of halogens is 2. The third kappa shape index (κ3) is 5.86. The van der Waals surface area contributed by atoms with E-state index in [4.69, 9.17) is 18.9 Å². The van der Waals surface area contributed by atoms with E-state index in [2.05, 4.69) is 20.6 Å². The fraction of sp³-hybridized carbons (Fsp3) is 0.333. The van der Waals surface area contributed by atoms with E-state index in [1.54, 1.807) is 36.4 Å². The number of amides is 1. The summed E-state index contributed by atoms with van der Waals surface area (Å²) in [5.74, 6) is -0.0604. The van der Waals surface area contributed by atoms with Gasteiger partial charge in [0.2, 0.25) is 5.88 Å². The molecule has 180 valence electrons. The van der Waals surface area contributed by atoms with Crippen molar-refractivity contribution < 1.29 is 37.3 Å². The molecular formula is C21H21F2N5O6. The van der Waals surface area contributed by atoms with E-state index < -0.39 is 37.3 Å². The van der Waals surface area contributed by atoms with Gasteiger partial charge in [0, 0.05) is 25.6 Å². The number of aromatic amines is 1. The number of carbonyl (C=O) groups excluding carboxylic acids is 2. The zero-order valence-corrected chi connectivity index (χ0v) is 17.9. The predicted octanol–water partition coefficient (Wildman–Crippen LogP) is 3.09. The Morgan fingerprint density at radius 1 is 1.29 bits per heavy atom. The standard InChI is InChI=1S/C21H21F2N5O6/c1-28-15(9-19(27-28)32-11-17(22)23)20(29)24-18-8-14(25-26-18)16-7-13(10-31-16)34-21(30)33-12-5-3-2-4-6-12/h2-6,8-9,13,16-17H,7,10-11H2,1H3,(H2,24,25,26,29)/t13-,16-/m1/s1. The summed E-state index contributed by atoms with van der Waals surface area (Å²) in [6.45, 7) is -0.650. The van der Waals surface area contributed by atoms with Crippen LogP contribution in [0, 0.1) is 0 Å². The molecule has 11 nitrogen and oxygen atoms in total. The monoisotopic (exact) mass is 477 g/mol. The molecule has 2 N–H and O–H groups in total. The van der Waals surface area contributed by atoms with E-state index in [1.165, 1.54) is 17.8 Å². The number of para-hydroxylation sites is 1. The smallest absolute Gasteiger partial charge is 0.471 e. The normalized spacial score (nSPS) is 17.5. The zero-order chi connectivity index (χ0) is 24.1. The van der Waals surface area contributed by atoms with Crippen LogP contribution in [-0.4, -0.2) is 57.8 Å². The third-order valence-electron chi connectivity index (χ3n) is 4.80. The molecule has 13 heteroatoms. The van der Waals surface area contributed by atoms with Gasteiger partial charge in [0.25, 0.3) is 12.3 Å². The first-order chi connectivity index (χ1) is 16.4. The minimum absolute atomic E-state index is 0.0909. The number of nitrogens with one attached hydrogen (secondary N) is 2. The highest BCUT2D eigenvalue weighted by molar-refractivity contribution is 6.02. The van der Waals surface area contributed by atoms with Crippen LogP contribution in [0.15, 0.2) is 42.5 Å². The lowest BCUT2D eigenvalue weighted by atomic mass is 10.1. The van der Waals surface area contributed by atoms with Crippen LogP contribution in [0.5, 0.6) is 11.6 Å². The molecule has 1 aliphatic heterocycles. The van der Waals surface area contributed by atoms with Crippen LogP contribution in [0.1, 0.15) is 28.7 Å². The molecule has 0 saturated carbocycles. The Morgan fingerprint density at radius 3 is 2.85 bits per heavy atom. The molecule has 1 fully saturated rings. The Morgan fingerprint density at radius 2 is 2.09 bits per heavy atom. The number of aryl methyl sites for hydroxylation is 1. The molecule has 1 amide bonds. The molecule has 1 aromatic carbocycles. The fourth-order valence-corrected chi connectivity index (χ4v) is 3.26. The molecule has 0 spiro atoms. The lowest BCUT2D eigenvalue weighted by molar-refractivity contribution is 0.0454. The van der Waals surface area contributed by atoms with Crippen molar-refractivity contribution in [2.45, 2.75) is 25.1 Å². The number of carbonyl (C=O) groups is 2. The highest BCUT2D eigenvalue weighted by atomic mass is 19.3. The van der Waals surface area contributed by atoms with Gasteiger partial charge in [-0.25, -0.2) is 13.6 Å². The molecule has 0 radical (unpaired) electrons. The summed E-state index contributed by atoms with van der Waals surface area (Å²) in [6, 6.07) is 11.4. The van der Waals surface area contributed by atoms with Gasteiger partial charge in [-0.1, -0.05) is 18.2 Å². The predicted molar refractivity (Wildman–Crippen MR) is 112 cm³/mol. The van der Waals surface area contributed by atoms with Gasteiger partial charge < -0.3 is 24.3 Å². The second-order valence-corrected chi connectivity index (χ2v) is 7.32. The number of ether oxygens (including phenoxy) is 4. The summed E-state index contributed by atoms with van der Waals surface area (Å²) < 4.78 is 46.7. The number of H-pyrrole nitrogens is 1. The van der Waals surface area contributed by atoms with E-state index >= 15 is 0 Å². The number of hydrogen-bond donors (Lipinski definition) is 2. The fourth-order valence-electron chi connectivity index (χ4n) is 3.26. The topological polar surface area (TPSA) is 130 Å². The maximum atomic E-state index is 12.5. The van der Waals surface area contributed by atoms with Gasteiger partial charge in [-0.15, -0.1) is 5.10 Å². The molecule has 1 aliphatic rings. The van der Waals surface area contributed by atoms with Gasteiger partial charge in [-0.3, -0.25) is 14.6 Å². The average Bonchev–Trinajstić information content (AvgIpc) is 3.53. The highest BCUT2D eigenvalue weighted by Gasteiger charge is 2.31. The first-order valence-corrected chi connectivity index (χ1v) is 10.2. The van der Waals surface area contributed by atoms with Crippen molar-refractivity contribution in [1.82, 2.24) is 20.0 Å². The van der Waals surface area contributed by atoms with Crippen LogP contribution < -0.4 is 14.8 Å². The van der Waals surface area contributed by atoms with E-state index in [9.17, 15) is 18.4 Å². The largest absolute Gasteiger partial charge is 0.514 e. The molecule has 4 rings (SSSR count). The van der Waals surface area contributed by atoms with Crippen LogP contribution in [0.4, 0.5) is 19.4 Å². The zero-order valence-electron chi connectivity index (χ0n) is 17.9. The maximum absolute atomic E-state index is 12.5. The van der Waals surface area contributed by atoms with E-state index in [0.29, 0.717) is 17.9 Å². The summed E-state index contributed by atoms with van der Waals surface area (Å²) in [7, 11) is 1.48. The Kier molecular flexibility index (Phi) is 7.01. The Balaban J connectivity index is 1.29. The Labute approximate surface area is 191 Å². The first kappa shape index (κ1) is 23.2. The third-order valence-corrected chi connectivity index (χ3v) is 4.80. The van der Waals surface area contributed by atoms with Gasteiger partial charge >= 0.3 is 6.16 Å². The molecule has 2 atom stereocenters. The lowest BCUT2D eigenvalue weighted by Crippen LogP contribution is -2.20. The van der Waals surface area contributed by atoms with Gasteiger partial charge in [-0.2, -0.15) is 5.10 Å². The number of nitrogens with zero attached hydrogens (tertiary/aromatic N) is 3. The second-order valence-electron chi connectivity index (χ2n) is 7.32. The van der Waals surface area contributed by atoms with Crippen molar-refractivity contribution in [3.8, 4) is 11.6 Å². The second kappa shape index (κ2) is 10.3. The molecule has 0 unspecified atom stereocenters. The Hall–Kier alpha value is -4.00. The van der Waals surface area contributed by atoms with Crippen LogP contribution >= 0.6 is 0 Å². The number of rotatable bonds is 8. The van der Waals surface area contributed by atoms with Crippen LogP contribution in [0.2, 0.25) is 0 Å². The SMILES string of the molecule is Cn1nc(OCC(F)F)cc1C(=O)Nc1cc([C@H]2C[C@@H](OC(=O)Oc3ccccc3)CO2)[nH]n1. The van der Waals surface area contributed by atoms with Crippen molar-refractivity contribution in [3.05, 3.63) is 53.9 Å². The molecule has 2 aromatic heterocycles. The number of hydrogen-bond acceptors (Lipinski definition) is 8.